The fourth-order valence-electron chi connectivity index (χ4n) is 4.67. The number of carbonyl (C=O) groups excluding carboxylic acids is 1. The topological polar surface area (TPSA) is 58.1 Å². The van der Waals surface area contributed by atoms with Gasteiger partial charge < -0.3 is 24.2 Å². The van der Waals surface area contributed by atoms with Gasteiger partial charge in [-0.15, -0.1) is 0 Å². The van der Waals surface area contributed by atoms with Crippen molar-refractivity contribution >= 4 is 11.7 Å². The molecule has 4 rings (SSSR count). The number of pyridine rings is 1. The van der Waals surface area contributed by atoms with E-state index in [1.54, 1.807) is 6.20 Å². The normalized spacial score (nSPS) is 22.6. The van der Waals surface area contributed by atoms with Gasteiger partial charge in [0.1, 0.15) is 5.82 Å². The van der Waals surface area contributed by atoms with E-state index in [4.69, 9.17) is 9.47 Å². The molecule has 30 heavy (non-hydrogen) atoms. The molecule has 0 aliphatic carbocycles. The van der Waals surface area contributed by atoms with Crippen LogP contribution in [0.5, 0.6) is 0 Å². The monoisotopic (exact) mass is 416 g/mol. The van der Waals surface area contributed by atoms with E-state index in [1.807, 2.05) is 17.0 Å². The van der Waals surface area contributed by atoms with Crippen molar-refractivity contribution in [3.8, 4) is 0 Å². The molecule has 0 radical (unpaired) electrons. The maximum Gasteiger partial charge on any atom is 0.255 e. The lowest BCUT2D eigenvalue weighted by atomic mass is 10.0. The molecule has 3 aliphatic heterocycles. The van der Waals surface area contributed by atoms with E-state index in [1.165, 1.54) is 0 Å². The molecule has 3 aliphatic rings. The van der Waals surface area contributed by atoms with Crippen molar-refractivity contribution in [2.75, 3.05) is 57.4 Å². The average Bonchev–Trinajstić information content (AvgIpc) is 2.80. The summed E-state index contributed by atoms with van der Waals surface area (Å²) in [6.45, 7) is 11.3. The fraction of sp³-hybridized carbons (Fsp3) is 0.739. The molecule has 0 bridgehead atoms. The van der Waals surface area contributed by atoms with Gasteiger partial charge in [0.15, 0.2) is 0 Å². The van der Waals surface area contributed by atoms with Gasteiger partial charge in [-0.2, -0.15) is 0 Å². The first-order valence-electron chi connectivity index (χ1n) is 11.6. The second-order valence-electron chi connectivity index (χ2n) is 8.96. The third kappa shape index (κ3) is 5.31. The Morgan fingerprint density at radius 3 is 2.20 bits per heavy atom. The number of amides is 1. The Bertz CT molecular complexity index is 674. The zero-order chi connectivity index (χ0) is 20.9. The van der Waals surface area contributed by atoms with Crippen LogP contribution in [0, 0.1) is 0 Å². The molecule has 4 heterocycles. The predicted octanol–water partition coefficient (Wildman–Crippen LogP) is 2.41. The first-order valence-corrected chi connectivity index (χ1v) is 11.6. The lowest BCUT2D eigenvalue weighted by Gasteiger charge is -2.38. The van der Waals surface area contributed by atoms with Crippen LogP contribution in [-0.2, 0) is 9.47 Å². The Morgan fingerprint density at radius 2 is 1.63 bits per heavy atom. The molecule has 0 spiro atoms. The van der Waals surface area contributed by atoms with Crippen LogP contribution < -0.4 is 4.90 Å². The molecule has 0 aromatic carbocycles. The summed E-state index contributed by atoms with van der Waals surface area (Å²) in [7, 11) is 0. The van der Waals surface area contributed by atoms with E-state index >= 15 is 0 Å². The van der Waals surface area contributed by atoms with E-state index in [0.717, 1.165) is 57.7 Å². The highest BCUT2D eigenvalue weighted by Gasteiger charge is 2.27. The van der Waals surface area contributed by atoms with Crippen LogP contribution in [0.4, 0.5) is 5.82 Å². The first kappa shape index (κ1) is 21.5. The van der Waals surface area contributed by atoms with Crippen molar-refractivity contribution < 1.29 is 14.3 Å². The van der Waals surface area contributed by atoms with Gasteiger partial charge in [0, 0.05) is 51.5 Å². The standard InChI is InChI=1S/C23H36N4O3/c1-18(2)25-9-5-20(6-10-25)30-21-7-11-26(12-8-21)22-4-3-19(17-24-22)23(28)27-13-15-29-16-14-27/h3-4,17-18,20-21H,5-16H2,1-2H3. The highest BCUT2D eigenvalue weighted by molar-refractivity contribution is 5.94. The van der Waals surface area contributed by atoms with Gasteiger partial charge in [-0.3, -0.25) is 4.79 Å². The largest absolute Gasteiger partial charge is 0.378 e. The van der Waals surface area contributed by atoms with Crippen LogP contribution in [0.15, 0.2) is 18.3 Å². The Labute approximate surface area is 180 Å². The smallest absolute Gasteiger partial charge is 0.255 e. The third-order valence-corrected chi connectivity index (χ3v) is 6.65. The second-order valence-corrected chi connectivity index (χ2v) is 8.96. The van der Waals surface area contributed by atoms with Crippen molar-refractivity contribution in [3.63, 3.8) is 0 Å². The van der Waals surface area contributed by atoms with Crippen molar-refractivity contribution in [2.24, 2.45) is 0 Å². The minimum atomic E-state index is 0.0490. The van der Waals surface area contributed by atoms with Crippen LogP contribution >= 0.6 is 0 Å². The Morgan fingerprint density at radius 1 is 1.00 bits per heavy atom. The molecule has 3 fully saturated rings. The summed E-state index contributed by atoms with van der Waals surface area (Å²) in [5.41, 5.74) is 0.659. The minimum Gasteiger partial charge on any atom is -0.378 e. The molecule has 0 unspecified atom stereocenters. The predicted molar refractivity (Wildman–Crippen MR) is 117 cm³/mol. The van der Waals surface area contributed by atoms with Gasteiger partial charge in [-0.05, 0) is 51.7 Å². The van der Waals surface area contributed by atoms with Crippen LogP contribution in [0.2, 0.25) is 0 Å². The van der Waals surface area contributed by atoms with Gasteiger partial charge in [-0.1, -0.05) is 0 Å². The highest BCUT2D eigenvalue weighted by atomic mass is 16.5. The quantitative estimate of drug-likeness (QED) is 0.735. The summed E-state index contributed by atoms with van der Waals surface area (Å²) < 4.78 is 11.8. The molecule has 0 N–H and O–H groups in total. The van der Waals surface area contributed by atoms with E-state index in [2.05, 4.69) is 28.6 Å². The van der Waals surface area contributed by atoms with Crippen LogP contribution in [-0.4, -0.2) is 91.4 Å². The Kier molecular flexibility index (Phi) is 7.23. The van der Waals surface area contributed by atoms with Crippen LogP contribution in [0.25, 0.3) is 0 Å². The summed E-state index contributed by atoms with van der Waals surface area (Å²) in [5.74, 6) is 1.00. The number of ether oxygens (including phenoxy) is 2. The number of carbonyl (C=O) groups is 1. The zero-order valence-corrected chi connectivity index (χ0v) is 18.5. The average molecular weight is 417 g/mol. The molecule has 0 atom stereocenters. The lowest BCUT2D eigenvalue weighted by Crippen LogP contribution is -2.44. The Hall–Kier alpha value is -1.70. The van der Waals surface area contributed by atoms with Gasteiger partial charge >= 0.3 is 0 Å². The summed E-state index contributed by atoms with van der Waals surface area (Å²) in [4.78, 5) is 23.9. The van der Waals surface area contributed by atoms with E-state index in [0.29, 0.717) is 50.1 Å². The maximum atomic E-state index is 12.6. The number of likely N-dealkylation sites (tertiary alicyclic amines) is 1. The number of piperidine rings is 2. The fourth-order valence-corrected chi connectivity index (χ4v) is 4.67. The highest BCUT2D eigenvalue weighted by Crippen LogP contribution is 2.24. The van der Waals surface area contributed by atoms with Crippen LogP contribution in [0.3, 0.4) is 0 Å². The molecule has 7 nitrogen and oxygen atoms in total. The van der Waals surface area contributed by atoms with E-state index in [-0.39, 0.29) is 5.91 Å². The number of rotatable bonds is 5. The van der Waals surface area contributed by atoms with Gasteiger partial charge in [-0.25, -0.2) is 4.98 Å². The summed E-state index contributed by atoms with van der Waals surface area (Å²) in [6, 6.07) is 4.53. The first-order chi connectivity index (χ1) is 14.6. The van der Waals surface area contributed by atoms with E-state index in [9.17, 15) is 4.79 Å². The van der Waals surface area contributed by atoms with Crippen LogP contribution in [0.1, 0.15) is 49.9 Å². The lowest BCUT2D eigenvalue weighted by molar-refractivity contribution is -0.0540. The number of aromatic nitrogens is 1. The number of hydrogen-bond acceptors (Lipinski definition) is 6. The zero-order valence-electron chi connectivity index (χ0n) is 18.5. The molecule has 1 aromatic rings. The number of nitrogens with zero attached hydrogens (tertiary/aromatic N) is 4. The van der Waals surface area contributed by atoms with Gasteiger partial charge in [0.25, 0.3) is 5.91 Å². The molecule has 1 aromatic heterocycles. The number of anilines is 1. The molecule has 7 heteroatoms. The molecule has 0 saturated carbocycles. The third-order valence-electron chi connectivity index (χ3n) is 6.65. The van der Waals surface area contributed by atoms with E-state index < -0.39 is 0 Å². The minimum absolute atomic E-state index is 0.0490. The molecule has 166 valence electrons. The van der Waals surface area contributed by atoms with Gasteiger partial charge in [0.05, 0.1) is 31.0 Å². The number of morpholine rings is 1. The summed E-state index contributed by atoms with van der Waals surface area (Å²) in [5, 5.41) is 0. The van der Waals surface area contributed by atoms with Crippen molar-refractivity contribution in [3.05, 3.63) is 23.9 Å². The Balaban J connectivity index is 1.23. The molecule has 1 amide bonds. The van der Waals surface area contributed by atoms with Crippen molar-refractivity contribution in [1.82, 2.24) is 14.8 Å². The summed E-state index contributed by atoms with van der Waals surface area (Å²) >= 11 is 0. The van der Waals surface area contributed by atoms with Gasteiger partial charge in [0.2, 0.25) is 0 Å². The molecular weight excluding hydrogens is 380 g/mol. The SMILES string of the molecule is CC(C)N1CCC(OC2CCN(c3ccc(C(=O)N4CCOCC4)cn3)CC2)CC1. The second kappa shape index (κ2) is 10.1. The van der Waals surface area contributed by atoms with Crippen molar-refractivity contribution in [2.45, 2.75) is 57.8 Å². The molecular formula is C23H36N4O3. The summed E-state index contributed by atoms with van der Waals surface area (Å²) in [6.07, 6.45) is 6.88. The van der Waals surface area contributed by atoms with Crippen molar-refractivity contribution in [1.29, 1.82) is 0 Å². The molecule has 3 saturated heterocycles. The number of hydrogen-bond donors (Lipinski definition) is 0. The maximum absolute atomic E-state index is 12.6.